The Morgan fingerprint density at radius 3 is 2.39 bits per heavy atom. The number of rotatable bonds is 9. The van der Waals surface area contributed by atoms with E-state index in [1.54, 1.807) is 18.2 Å². The predicted octanol–water partition coefficient (Wildman–Crippen LogP) is 4.59. The number of carbonyl (C=O) groups excluding carboxylic acids is 1. The number of aliphatic carboxylic acids is 1. The van der Waals surface area contributed by atoms with Crippen LogP contribution in [0.5, 0.6) is 0 Å². The molecular formula is C26H33FN2O4. The van der Waals surface area contributed by atoms with E-state index in [2.05, 4.69) is 36.7 Å². The summed E-state index contributed by atoms with van der Waals surface area (Å²) >= 11 is 0. The monoisotopic (exact) mass is 456 g/mol. The van der Waals surface area contributed by atoms with Crippen LogP contribution in [0.1, 0.15) is 63.6 Å². The van der Waals surface area contributed by atoms with Gasteiger partial charge in [0.15, 0.2) is 0 Å². The first-order valence-corrected chi connectivity index (χ1v) is 11.5. The van der Waals surface area contributed by atoms with Gasteiger partial charge >= 0.3 is 5.97 Å². The van der Waals surface area contributed by atoms with Crippen LogP contribution in [0.4, 0.5) is 4.39 Å². The fourth-order valence-corrected chi connectivity index (χ4v) is 4.33. The molecule has 0 spiro atoms. The van der Waals surface area contributed by atoms with Crippen LogP contribution in [-0.4, -0.2) is 45.8 Å². The number of carboxylic acid groups (broad SMARTS) is 1. The molecule has 2 N–H and O–H groups in total. The Labute approximate surface area is 194 Å². The molecule has 0 saturated carbocycles. The first-order chi connectivity index (χ1) is 15.7. The van der Waals surface area contributed by atoms with Gasteiger partial charge < -0.3 is 15.2 Å². The fourth-order valence-electron chi connectivity index (χ4n) is 4.33. The molecule has 0 aliphatic carbocycles. The van der Waals surface area contributed by atoms with Gasteiger partial charge in [0.1, 0.15) is 18.0 Å². The van der Waals surface area contributed by atoms with E-state index in [9.17, 15) is 19.1 Å². The Morgan fingerprint density at radius 1 is 1.18 bits per heavy atom. The van der Waals surface area contributed by atoms with Gasteiger partial charge in [0.25, 0.3) is 0 Å². The van der Waals surface area contributed by atoms with Crippen molar-refractivity contribution >= 4 is 17.8 Å². The van der Waals surface area contributed by atoms with Gasteiger partial charge in [-0.1, -0.05) is 45.1 Å². The molecule has 0 bridgehead atoms. The lowest BCUT2D eigenvalue weighted by Crippen LogP contribution is -2.41. The van der Waals surface area contributed by atoms with Gasteiger partial charge in [-0.15, -0.1) is 0 Å². The Balaban J connectivity index is 2.00. The van der Waals surface area contributed by atoms with Crippen molar-refractivity contribution in [3.63, 3.8) is 0 Å². The third kappa shape index (κ3) is 6.32. The molecule has 1 atom stereocenters. The van der Waals surface area contributed by atoms with Crippen LogP contribution in [0.15, 0.2) is 36.5 Å². The van der Waals surface area contributed by atoms with Crippen molar-refractivity contribution < 1.29 is 24.2 Å². The fraction of sp³-hybridized carbons (Fsp3) is 0.462. The summed E-state index contributed by atoms with van der Waals surface area (Å²) in [5, 5.41) is 21.4. The van der Waals surface area contributed by atoms with Crippen molar-refractivity contribution in [2.24, 2.45) is 5.92 Å². The molecule has 3 rings (SSSR count). The molecule has 2 aromatic rings. The third-order valence-electron chi connectivity index (χ3n) is 6.10. The number of ketones is 1. The number of aliphatic hydroxyl groups is 1. The second kappa shape index (κ2) is 10.8. The zero-order chi connectivity index (χ0) is 24.1. The van der Waals surface area contributed by atoms with E-state index in [4.69, 9.17) is 5.11 Å². The van der Waals surface area contributed by atoms with Gasteiger partial charge in [-0.3, -0.25) is 14.3 Å². The molecule has 6 nitrogen and oxygen atoms in total. The number of aromatic nitrogens is 1. The first-order valence-electron chi connectivity index (χ1n) is 11.5. The molecule has 0 amide bonds. The lowest BCUT2D eigenvalue weighted by Gasteiger charge is -2.35. The van der Waals surface area contributed by atoms with Crippen LogP contribution in [-0.2, 0) is 9.59 Å². The Hall–Kier alpha value is -2.93. The molecule has 1 unspecified atom stereocenters. The standard InChI is InChI=1S/C26H33FN2O4/c1-17(2)26-23(9-8-21(30)14-22(31)15-25(32)33)24(19-4-6-20(27)7-5-19)16-29(26)28-12-10-18(3)11-13-28/h4-9,16-18,21,30H,10-15H2,1-3H3,(H,32,33). The van der Waals surface area contributed by atoms with Crippen molar-refractivity contribution in [1.29, 1.82) is 0 Å². The van der Waals surface area contributed by atoms with E-state index in [1.807, 2.05) is 0 Å². The number of carboxylic acids is 1. The number of piperidine rings is 1. The highest BCUT2D eigenvalue weighted by molar-refractivity contribution is 5.95. The zero-order valence-corrected chi connectivity index (χ0v) is 19.5. The normalized spacial score (nSPS) is 16.0. The molecule has 1 aromatic heterocycles. The van der Waals surface area contributed by atoms with Gasteiger partial charge in [0.05, 0.1) is 6.10 Å². The minimum absolute atomic E-state index is 0.170. The van der Waals surface area contributed by atoms with Crippen molar-refractivity contribution in [1.82, 2.24) is 4.68 Å². The van der Waals surface area contributed by atoms with Crippen LogP contribution in [0.25, 0.3) is 17.2 Å². The average molecular weight is 457 g/mol. The van der Waals surface area contributed by atoms with E-state index in [-0.39, 0.29) is 18.2 Å². The lowest BCUT2D eigenvalue weighted by molar-refractivity contribution is -0.140. The average Bonchev–Trinajstić information content (AvgIpc) is 3.12. The van der Waals surface area contributed by atoms with Crippen molar-refractivity contribution in [2.45, 2.75) is 58.5 Å². The summed E-state index contributed by atoms with van der Waals surface area (Å²) in [5.74, 6) is -1.18. The summed E-state index contributed by atoms with van der Waals surface area (Å²) in [6.45, 7) is 8.36. The van der Waals surface area contributed by atoms with Crippen LogP contribution < -0.4 is 5.01 Å². The van der Waals surface area contributed by atoms with Crippen molar-refractivity contribution in [3.8, 4) is 11.1 Å². The maximum atomic E-state index is 13.6. The smallest absolute Gasteiger partial charge is 0.310 e. The van der Waals surface area contributed by atoms with Crippen LogP contribution in [0.2, 0.25) is 0 Å². The number of benzene rings is 1. The molecule has 178 valence electrons. The number of hydrogen-bond acceptors (Lipinski definition) is 4. The van der Waals surface area contributed by atoms with E-state index in [1.165, 1.54) is 18.2 Å². The molecule has 33 heavy (non-hydrogen) atoms. The molecule has 0 radical (unpaired) electrons. The van der Waals surface area contributed by atoms with Crippen LogP contribution in [0.3, 0.4) is 0 Å². The molecule has 7 heteroatoms. The quantitative estimate of drug-likeness (QED) is 0.539. The van der Waals surface area contributed by atoms with Gasteiger partial charge in [-0.2, -0.15) is 0 Å². The zero-order valence-electron chi connectivity index (χ0n) is 19.5. The Kier molecular flexibility index (Phi) is 8.08. The predicted molar refractivity (Wildman–Crippen MR) is 127 cm³/mol. The topological polar surface area (TPSA) is 82.8 Å². The number of hydrogen-bond donors (Lipinski definition) is 2. The maximum Gasteiger partial charge on any atom is 0.310 e. The summed E-state index contributed by atoms with van der Waals surface area (Å²) in [4.78, 5) is 22.5. The molecule has 1 aromatic carbocycles. The largest absolute Gasteiger partial charge is 0.481 e. The van der Waals surface area contributed by atoms with Gasteiger partial charge in [-0.25, -0.2) is 4.39 Å². The van der Waals surface area contributed by atoms with E-state index in [0.29, 0.717) is 5.92 Å². The van der Waals surface area contributed by atoms with Crippen LogP contribution >= 0.6 is 0 Å². The summed E-state index contributed by atoms with van der Waals surface area (Å²) < 4.78 is 15.8. The number of halogens is 1. The van der Waals surface area contributed by atoms with E-state index >= 15 is 0 Å². The minimum atomic E-state index is -1.20. The summed E-state index contributed by atoms with van der Waals surface area (Å²) in [7, 11) is 0. The highest BCUT2D eigenvalue weighted by Crippen LogP contribution is 2.35. The highest BCUT2D eigenvalue weighted by Gasteiger charge is 2.24. The Morgan fingerprint density at radius 2 is 1.82 bits per heavy atom. The number of aliphatic hydroxyl groups excluding tert-OH is 1. The third-order valence-corrected chi connectivity index (χ3v) is 6.10. The van der Waals surface area contributed by atoms with Gasteiger partial charge in [0.2, 0.25) is 0 Å². The molecule has 2 heterocycles. The summed E-state index contributed by atoms with van der Waals surface area (Å²) in [6, 6.07) is 6.33. The number of Topliss-reactive ketones (excluding diaryl/α,β-unsaturated/α-hetero) is 1. The number of nitrogens with zero attached hydrogens (tertiary/aromatic N) is 2. The molecule has 1 aliphatic rings. The summed E-state index contributed by atoms with van der Waals surface area (Å²) in [6.07, 6.45) is 5.68. The van der Waals surface area contributed by atoms with E-state index in [0.717, 1.165) is 48.3 Å². The molecule has 1 fully saturated rings. The molecular weight excluding hydrogens is 423 g/mol. The Bertz CT molecular complexity index is 1000. The van der Waals surface area contributed by atoms with Crippen molar-refractivity contribution in [3.05, 3.63) is 53.6 Å². The number of carbonyl (C=O) groups is 2. The highest BCUT2D eigenvalue weighted by atomic mass is 19.1. The molecule has 1 aliphatic heterocycles. The van der Waals surface area contributed by atoms with Gasteiger partial charge in [0, 0.05) is 42.5 Å². The van der Waals surface area contributed by atoms with Crippen LogP contribution in [0, 0.1) is 11.7 Å². The maximum absolute atomic E-state index is 13.6. The lowest BCUT2D eigenvalue weighted by atomic mass is 9.97. The summed E-state index contributed by atoms with van der Waals surface area (Å²) in [5.41, 5.74) is 3.75. The second-order valence-corrected chi connectivity index (χ2v) is 9.22. The van der Waals surface area contributed by atoms with E-state index < -0.39 is 24.3 Å². The second-order valence-electron chi connectivity index (χ2n) is 9.22. The van der Waals surface area contributed by atoms with Gasteiger partial charge in [-0.05, 0) is 42.4 Å². The SMILES string of the molecule is CC1CCN(n2cc(-c3ccc(F)cc3)c(C=CC(O)CC(=O)CC(=O)O)c2C(C)C)CC1. The first kappa shape index (κ1) is 24.7. The minimum Gasteiger partial charge on any atom is -0.481 e. The molecule has 1 saturated heterocycles. The van der Waals surface area contributed by atoms with Crippen molar-refractivity contribution in [2.75, 3.05) is 18.1 Å².